The van der Waals surface area contributed by atoms with E-state index in [-0.39, 0.29) is 36.3 Å². The van der Waals surface area contributed by atoms with Gasteiger partial charge in [-0.05, 0) is 5.56 Å². The van der Waals surface area contributed by atoms with Crippen LogP contribution in [-0.2, 0) is 11.3 Å². The number of hydrogen-bond donors (Lipinski definition) is 3. The number of rotatable bonds is 10. The van der Waals surface area contributed by atoms with E-state index in [2.05, 4.69) is 22.2 Å². The first-order valence-electron chi connectivity index (χ1n) is 7.22. The van der Waals surface area contributed by atoms with Gasteiger partial charge in [0.25, 0.3) is 5.69 Å². The van der Waals surface area contributed by atoms with Crippen molar-refractivity contribution in [2.24, 2.45) is 4.99 Å². The molecule has 0 amide bonds. The zero-order chi connectivity index (χ0) is 16.9. The predicted octanol–water partition coefficient (Wildman–Crippen LogP) is 1.44. The minimum Gasteiger partial charge on any atom is -0.394 e. The minimum absolute atomic E-state index is 0. The summed E-state index contributed by atoms with van der Waals surface area (Å²) in [5, 5.41) is 25.4. The smallest absolute Gasteiger partial charge is 0.269 e. The van der Waals surface area contributed by atoms with E-state index < -0.39 is 4.92 Å². The van der Waals surface area contributed by atoms with Gasteiger partial charge in [0.2, 0.25) is 0 Å². The number of aliphatic hydroxyl groups is 1. The summed E-state index contributed by atoms with van der Waals surface area (Å²) in [6.07, 6.45) is 1.71. The third kappa shape index (κ3) is 9.43. The Morgan fingerprint density at radius 3 is 2.62 bits per heavy atom. The van der Waals surface area contributed by atoms with Crippen LogP contribution in [0.25, 0.3) is 0 Å². The van der Waals surface area contributed by atoms with Crippen LogP contribution in [0.5, 0.6) is 0 Å². The molecule has 3 N–H and O–H groups in total. The second kappa shape index (κ2) is 13.7. The van der Waals surface area contributed by atoms with Gasteiger partial charge in [-0.25, -0.2) is 4.99 Å². The Hall–Kier alpha value is -1.72. The molecule has 134 valence electrons. The number of benzene rings is 1. The number of aliphatic hydroxyl groups excluding tert-OH is 1. The molecule has 8 nitrogen and oxygen atoms in total. The van der Waals surface area contributed by atoms with Crippen molar-refractivity contribution in [2.45, 2.75) is 6.54 Å². The molecule has 24 heavy (non-hydrogen) atoms. The molecule has 0 saturated heterocycles. The van der Waals surface area contributed by atoms with Crippen LogP contribution in [0.3, 0.4) is 0 Å². The van der Waals surface area contributed by atoms with Crippen molar-refractivity contribution < 1.29 is 14.8 Å². The van der Waals surface area contributed by atoms with Crippen LogP contribution in [-0.4, -0.2) is 48.9 Å². The third-order valence-corrected chi connectivity index (χ3v) is 2.76. The average molecular weight is 450 g/mol. The van der Waals surface area contributed by atoms with Gasteiger partial charge >= 0.3 is 0 Å². The maximum absolute atomic E-state index is 10.6. The Kier molecular flexibility index (Phi) is 12.7. The molecule has 1 aromatic rings. The number of hydrogen-bond acceptors (Lipinski definition) is 5. The van der Waals surface area contributed by atoms with E-state index in [1.165, 1.54) is 12.1 Å². The molecule has 0 spiro atoms. The standard InChI is InChI=1S/C15H22N4O4.HI/c1-2-7-16-15(17-8-10-23-11-9-20)18-12-13-3-5-14(6-4-13)19(21)22;/h2-6,20H,1,7-12H2,(H2,16,17,18);1H. The molecule has 0 aromatic heterocycles. The van der Waals surface area contributed by atoms with Crippen LogP contribution < -0.4 is 10.6 Å². The fraction of sp³-hybridized carbons (Fsp3) is 0.400. The normalized spacial score (nSPS) is 10.6. The van der Waals surface area contributed by atoms with Gasteiger partial charge in [-0.2, -0.15) is 0 Å². The van der Waals surface area contributed by atoms with Crippen LogP contribution in [0.1, 0.15) is 5.56 Å². The van der Waals surface area contributed by atoms with E-state index in [0.717, 1.165) is 5.56 Å². The average Bonchev–Trinajstić information content (AvgIpc) is 2.56. The molecule has 0 atom stereocenters. The van der Waals surface area contributed by atoms with Gasteiger partial charge in [0, 0.05) is 25.2 Å². The summed E-state index contributed by atoms with van der Waals surface area (Å²) >= 11 is 0. The topological polar surface area (TPSA) is 109 Å². The Bertz CT molecular complexity index is 523. The molecule has 9 heteroatoms. The second-order valence-electron chi connectivity index (χ2n) is 4.52. The highest BCUT2D eigenvalue weighted by atomic mass is 127. The van der Waals surface area contributed by atoms with Crippen LogP contribution >= 0.6 is 24.0 Å². The molecule has 0 fully saturated rings. The molecule has 1 aromatic carbocycles. The number of non-ortho nitro benzene ring substituents is 1. The highest BCUT2D eigenvalue weighted by molar-refractivity contribution is 14.0. The van der Waals surface area contributed by atoms with Crippen molar-refractivity contribution in [1.29, 1.82) is 0 Å². The van der Waals surface area contributed by atoms with Crippen LogP contribution in [0.2, 0.25) is 0 Å². The second-order valence-corrected chi connectivity index (χ2v) is 4.52. The van der Waals surface area contributed by atoms with E-state index in [9.17, 15) is 10.1 Å². The van der Waals surface area contributed by atoms with Crippen molar-refractivity contribution >= 4 is 35.6 Å². The maximum Gasteiger partial charge on any atom is 0.269 e. The summed E-state index contributed by atoms with van der Waals surface area (Å²) in [6, 6.07) is 6.27. The van der Waals surface area contributed by atoms with Gasteiger partial charge in [-0.3, -0.25) is 10.1 Å². The molecular weight excluding hydrogens is 427 g/mol. The van der Waals surface area contributed by atoms with Gasteiger partial charge in [-0.1, -0.05) is 18.2 Å². The van der Waals surface area contributed by atoms with Crippen LogP contribution in [0, 0.1) is 10.1 Å². The number of aliphatic imine (C=N–C) groups is 1. The first-order chi connectivity index (χ1) is 11.2. The molecule has 0 aliphatic rings. The SMILES string of the molecule is C=CCNC(=NCc1ccc([N+](=O)[O-])cc1)NCCOCCO.I. The van der Waals surface area contributed by atoms with Crippen molar-refractivity contribution in [1.82, 2.24) is 10.6 Å². The Labute approximate surface area is 158 Å². The molecule has 1 rings (SSSR count). The van der Waals surface area contributed by atoms with E-state index >= 15 is 0 Å². The molecule has 0 heterocycles. The lowest BCUT2D eigenvalue weighted by atomic mass is 10.2. The lowest BCUT2D eigenvalue weighted by Gasteiger charge is -2.11. The highest BCUT2D eigenvalue weighted by Crippen LogP contribution is 2.12. The van der Waals surface area contributed by atoms with Gasteiger partial charge in [-0.15, -0.1) is 30.6 Å². The summed E-state index contributed by atoms with van der Waals surface area (Å²) in [5.41, 5.74) is 0.925. The van der Waals surface area contributed by atoms with E-state index in [1.54, 1.807) is 18.2 Å². The number of guanidine groups is 1. The summed E-state index contributed by atoms with van der Waals surface area (Å²) in [4.78, 5) is 14.6. The molecule has 0 unspecified atom stereocenters. The van der Waals surface area contributed by atoms with Gasteiger partial charge in [0.1, 0.15) is 0 Å². The molecule has 0 aliphatic carbocycles. The van der Waals surface area contributed by atoms with Gasteiger partial charge in [0.15, 0.2) is 5.96 Å². The van der Waals surface area contributed by atoms with Crippen LogP contribution in [0.4, 0.5) is 5.69 Å². The molecule has 0 aliphatic heterocycles. The van der Waals surface area contributed by atoms with Gasteiger partial charge in [0.05, 0.1) is 31.3 Å². The number of nitro benzene ring substituents is 1. The largest absolute Gasteiger partial charge is 0.394 e. The highest BCUT2D eigenvalue weighted by Gasteiger charge is 2.04. The fourth-order valence-corrected chi connectivity index (χ4v) is 1.64. The number of nitrogens with one attached hydrogen (secondary N) is 2. The Morgan fingerprint density at radius 1 is 1.33 bits per heavy atom. The van der Waals surface area contributed by atoms with Crippen molar-refractivity contribution in [3.63, 3.8) is 0 Å². The number of nitro groups is 1. The molecule has 0 radical (unpaired) electrons. The fourth-order valence-electron chi connectivity index (χ4n) is 1.64. The zero-order valence-corrected chi connectivity index (χ0v) is 15.6. The molecular formula is C15H23IN4O4. The quantitative estimate of drug-likeness (QED) is 0.0947. The zero-order valence-electron chi connectivity index (χ0n) is 13.3. The van der Waals surface area contributed by atoms with E-state index in [1.807, 2.05) is 0 Å². The lowest BCUT2D eigenvalue weighted by molar-refractivity contribution is -0.384. The summed E-state index contributed by atoms with van der Waals surface area (Å²) in [7, 11) is 0. The van der Waals surface area contributed by atoms with Crippen molar-refractivity contribution in [2.75, 3.05) is 32.9 Å². The monoisotopic (exact) mass is 450 g/mol. The first-order valence-corrected chi connectivity index (χ1v) is 7.22. The van der Waals surface area contributed by atoms with Gasteiger partial charge < -0.3 is 20.5 Å². The Balaban J connectivity index is 0.00000529. The van der Waals surface area contributed by atoms with E-state index in [0.29, 0.717) is 38.8 Å². The Morgan fingerprint density at radius 2 is 2.04 bits per heavy atom. The number of nitrogens with zero attached hydrogens (tertiary/aromatic N) is 2. The minimum atomic E-state index is -0.432. The number of ether oxygens (including phenoxy) is 1. The lowest BCUT2D eigenvalue weighted by Crippen LogP contribution is -2.39. The van der Waals surface area contributed by atoms with Crippen molar-refractivity contribution in [3.8, 4) is 0 Å². The summed E-state index contributed by atoms with van der Waals surface area (Å²) in [5.74, 6) is 0.593. The summed E-state index contributed by atoms with van der Waals surface area (Å²) < 4.78 is 5.16. The third-order valence-electron chi connectivity index (χ3n) is 2.76. The van der Waals surface area contributed by atoms with Crippen LogP contribution in [0.15, 0.2) is 41.9 Å². The van der Waals surface area contributed by atoms with Crippen molar-refractivity contribution in [3.05, 3.63) is 52.6 Å². The first kappa shape index (κ1) is 22.3. The number of halogens is 1. The molecule has 0 saturated carbocycles. The predicted molar refractivity (Wildman–Crippen MR) is 104 cm³/mol. The maximum atomic E-state index is 10.6. The molecule has 0 bridgehead atoms. The van der Waals surface area contributed by atoms with E-state index in [4.69, 9.17) is 9.84 Å². The summed E-state index contributed by atoms with van der Waals surface area (Å²) in [6.45, 7) is 5.88.